The minimum absolute atomic E-state index is 0.0891. The number of carbonyl (C=O) groups is 2. The second kappa shape index (κ2) is 10.8. The van der Waals surface area contributed by atoms with E-state index in [-0.39, 0.29) is 17.4 Å². The van der Waals surface area contributed by atoms with Crippen LogP contribution in [-0.4, -0.2) is 59.4 Å². The Balaban J connectivity index is 1.51. The second-order valence-corrected chi connectivity index (χ2v) is 9.30. The van der Waals surface area contributed by atoms with E-state index in [1.165, 1.54) is 36.8 Å². The summed E-state index contributed by atoms with van der Waals surface area (Å²) in [6.07, 6.45) is 9.29. The number of nitrogens with one attached hydrogen (secondary N) is 2. The molecule has 6 heteroatoms. The van der Waals surface area contributed by atoms with Crippen molar-refractivity contribution in [2.75, 3.05) is 31.1 Å². The van der Waals surface area contributed by atoms with Gasteiger partial charge in [0.1, 0.15) is 6.04 Å². The van der Waals surface area contributed by atoms with Crippen LogP contribution < -0.4 is 10.6 Å². The maximum atomic E-state index is 12.6. The Kier molecular flexibility index (Phi) is 8.19. The van der Waals surface area contributed by atoms with E-state index >= 15 is 0 Å². The summed E-state index contributed by atoms with van der Waals surface area (Å²) in [7, 11) is 0. The molecule has 1 aromatic rings. The third kappa shape index (κ3) is 6.34. The highest BCUT2D eigenvalue weighted by Crippen LogP contribution is 2.34. The Bertz CT molecular complexity index is 695. The molecule has 2 N–H and O–H groups in total. The predicted octanol–water partition coefficient (Wildman–Crippen LogP) is 3.07. The van der Waals surface area contributed by atoms with E-state index < -0.39 is 6.04 Å². The van der Waals surface area contributed by atoms with E-state index in [1.807, 2.05) is 42.1 Å². The quantitative estimate of drug-likeness (QED) is 0.672. The van der Waals surface area contributed by atoms with Gasteiger partial charge in [-0.2, -0.15) is 11.8 Å². The van der Waals surface area contributed by atoms with E-state index in [4.69, 9.17) is 0 Å². The summed E-state index contributed by atoms with van der Waals surface area (Å²) < 4.78 is 0. The minimum atomic E-state index is -0.555. The SMILES string of the molecule is CC(NC(=O)/C=C/c1ccccc1)C(=O)NCC1(N2CCSCC2)CCCCC1. The Hall–Kier alpha value is -1.79. The Morgan fingerprint density at radius 1 is 1.14 bits per heavy atom. The zero-order valence-electron chi connectivity index (χ0n) is 17.4. The molecule has 5 nitrogen and oxygen atoms in total. The number of hydrogen-bond acceptors (Lipinski definition) is 4. The fourth-order valence-electron chi connectivity index (χ4n) is 4.32. The average Bonchev–Trinajstić information content (AvgIpc) is 2.78. The Morgan fingerprint density at radius 2 is 1.83 bits per heavy atom. The van der Waals surface area contributed by atoms with Crippen molar-refractivity contribution in [2.45, 2.75) is 50.6 Å². The molecule has 0 spiro atoms. The first-order valence-corrected chi connectivity index (χ1v) is 11.9. The maximum Gasteiger partial charge on any atom is 0.244 e. The fraction of sp³-hybridized carbons (Fsp3) is 0.565. The van der Waals surface area contributed by atoms with Crippen molar-refractivity contribution in [1.82, 2.24) is 15.5 Å². The third-order valence-electron chi connectivity index (χ3n) is 6.04. The van der Waals surface area contributed by atoms with Gasteiger partial charge in [0.25, 0.3) is 0 Å². The standard InChI is InChI=1S/C23H33N3O2S/c1-19(25-21(27)11-10-20-8-4-2-5-9-20)22(28)24-18-23(12-6-3-7-13-23)26-14-16-29-17-15-26/h2,4-5,8-11,19H,3,6-7,12-18H2,1H3,(H,24,28)(H,25,27)/b11-10+. The van der Waals surface area contributed by atoms with Gasteiger partial charge in [-0.25, -0.2) is 0 Å². The molecule has 29 heavy (non-hydrogen) atoms. The predicted molar refractivity (Wildman–Crippen MR) is 121 cm³/mol. The maximum absolute atomic E-state index is 12.6. The van der Waals surface area contributed by atoms with E-state index in [9.17, 15) is 9.59 Å². The molecule has 0 aromatic heterocycles. The van der Waals surface area contributed by atoms with Crippen LogP contribution in [0.1, 0.15) is 44.6 Å². The normalized spacial score (nSPS) is 20.9. The van der Waals surface area contributed by atoms with Gasteiger partial charge in [0.05, 0.1) is 0 Å². The molecule has 1 aromatic carbocycles. The molecule has 0 radical (unpaired) electrons. The van der Waals surface area contributed by atoms with Crippen molar-refractivity contribution < 1.29 is 9.59 Å². The van der Waals surface area contributed by atoms with Crippen LogP contribution in [0.4, 0.5) is 0 Å². The summed E-state index contributed by atoms with van der Waals surface area (Å²) in [5.41, 5.74) is 1.05. The van der Waals surface area contributed by atoms with Crippen molar-refractivity contribution in [3.8, 4) is 0 Å². The summed E-state index contributed by atoms with van der Waals surface area (Å²) in [6, 6.07) is 9.10. The number of carbonyl (C=O) groups excluding carboxylic acids is 2. The lowest BCUT2D eigenvalue weighted by Crippen LogP contribution is -2.60. The first-order valence-electron chi connectivity index (χ1n) is 10.7. The molecule has 1 heterocycles. The molecule has 1 aliphatic heterocycles. The summed E-state index contributed by atoms with van der Waals surface area (Å²) in [5, 5.41) is 5.92. The van der Waals surface area contributed by atoms with E-state index in [2.05, 4.69) is 15.5 Å². The van der Waals surface area contributed by atoms with Crippen LogP contribution in [-0.2, 0) is 9.59 Å². The summed E-state index contributed by atoms with van der Waals surface area (Å²) >= 11 is 2.02. The molecule has 1 aliphatic carbocycles. The first kappa shape index (κ1) is 21.9. The number of rotatable bonds is 7. The van der Waals surface area contributed by atoms with Crippen LogP contribution in [0.2, 0.25) is 0 Å². The van der Waals surface area contributed by atoms with Crippen molar-refractivity contribution >= 4 is 29.7 Å². The largest absolute Gasteiger partial charge is 0.352 e. The van der Waals surface area contributed by atoms with Gasteiger partial charge in [0.15, 0.2) is 0 Å². The van der Waals surface area contributed by atoms with Gasteiger partial charge in [-0.15, -0.1) is 0 Å². The lowest BCUT2D eigenvalue weighted by molar-refractivity contribution is -0.127. The van der Waals surface area contributed by atoms with Crippen molar-refractivity contribution in [3.63, 3.8) is 0 Å². The minimum Gasteiger partial charge on any atom is -0.352 e. The van der Waals surface area contributed by atoms with Crippen LogP contribution in [0.5, 0.6) is 0 Å². The highest BCUT2D eigenvalue weighted by atomic mass is 32.2. The fourth-order valence-corrected chi connectivity index (χ4v) is 5.22. The summed E-state index contributed by atoms with van der Waals surface area (Å²) in [5.74, 6) is 1.99. The van der Waals surface area contributed by atoms with E-state index in [0.717, 1.165) is 31.5 Å². The van der Waals surface area contributed by atoms with Gasteiger partial charge in [-0.1, -0.05) is 49.6 Å². The lowest BCUT2D eigenvalue weighted by atomic mass is 9.80. The van der Waals surface area contributed by atoms with Crippen LogP contribution in [0.15, 0.2) is 36.4 Å². The molecule has 1 unspecified atom stereocenters. The molecule has 1 saturated heterocycles. The summed E-state index contributed by atoms with van der Waals surface area (Å²) in [4.78, 5) is 27.4. The second-order valence-electron chi connectivity index (χ2n) is 8.08. The van der Waals surface area contributed by atoms with Crippen LogP contribution in [0, 0.1) is 0 Å². The molecule has 1 saturated carbocycles. The third-order valence-corrected chi connectivity index (χ3v) is 6.98. The Morgan fingerprint density at radius 3 is 2.52 bits per heavy atom. The number of thioether (sulfide) groups is 1. The Labute approximate surface area is 178 Å². The highest BCUT2D eigenvalue weighted by Gasteiger charge is 2.38. The van der Waals surface area contributed by atoms with Gasteiger partial charge >= 0.3 is 0 Å². The molecule has 1 atom stereocenters. The van der Waals surface area contributed by atoms with Gasteiger partial charge in [-0.3, -0.25) is 14.5 Å². The topological polar surface area (TPSA) is 61.4 Å². The number of benzene rings is 1. The van der Waals surface area contributed by atoms with Crippen molar-refractivity contribution in [1.29, 1.82) is 0 Å². The van der Waals surface area contributed by atoms with Crippen molar-refractivity contribution in [2.24, 2.45) is 0 Å². The first-order chi connectivity index (χ1) is 14.1. The molecule has 0 bridgehead atoms. The monoisotopic (exact) mass is 415 g/mol. The number of nitrogens with zero attached hydrogens (tertiary/aromatic N) is 1. The number of hydrogen-bond donors (Lipinski definition) is 2. The average molecular weight is 416 g/mol. The van der Waals surface area contributed by atoms with Crippen LogP contribution in [0.3, 0.4) is 0 Å². The van der Waals surface area contributed by atoms with Crippen LogP contribution in [0.25, 0.3) is 6.08 Å². The van der Waals surface area contributed by atoms with Gasteiger partial charge in [0, 0.05) is 42.8 Å². The van der Waals surface area contributed by atoms with Crippen molar-refractivity contribution in [3.05, 3.63) is 42.0 Å². The van der Waals surface area contributed by atoms with Gasteiger partial charge in [0.2, 0.25) is 11.8 Å². The van der Waals surface area contributed by atoms with E-state index in [1.54, 1.807) is 13.0 Å². The zero-order chi connectivity index (χ0) is 20.5. The molecule has 158 valence electrons. The molecular weight excluding hydrogens is 382 g/mol. The van der Waals surface area contributed by atoms with E-state index in [0.29, 0.717) is 6.54 Å². The summed E-state index contributed by atoms with van der Waals surface area (Å²) in [6.45, 7) is 4.64. The molecular formula is C23H33N3O2S. The van der Waals surface area contributed by atoms with Gasteiger partial charge < -0.3 is 10.6 Å². The highest BCUT2D eigenvalue weighted by molar-refractivity contribution is 7.99. The van der Waals surface area contributed by atoms with Crippen LogP contribution >= 0.6 is 11.8 Å². The lowest BCUT2D eigenvalue weighted by Gasteiger charge is -2.48. The smallest absolute Gasteiger partial charge is 0.244 e. The molecule has 2 fully saturated rings. The van der Waals surface area contributed by atoms with Gasteiger partial charge in [-0.05, 0) is 31.4 Å². The number of amides is 2. The molecule has 2 amide bonds. The molecule has 2 aliphatic rings. The molecule has 3 rings (SSSR count). The zero-order valence-corrected chi connectivity index (χ0v) is 18.2.